The van der Waals surface area contributed by atoms with Crippen molar-refractivity contribution in [2.75, 3.05) is 26.2 Å². The first-order valence-electron chi connectivity index (χ1n) is 9.09. The second-order valence-electron chi connectivity index (χ2n) is 7.13. The maximum absolute atomic E-state index is 12.7. The zero-order valence-corrected chi connectivity index (χ0v) is 16.5. The van der Waals surface area contributed by atoms with Crippen LogP contribution < -0.4 is 5.73 Å². The fourth-order valence-corrected chi connectivity index (χ4v) is 3.90. The molecule has 2 unspecified atom stereocenters. The molecule has 2 N–H and O–H groups in total. The molecule has 1 aromatic carbocycles. The van der Waals surface area contributed by atoms with E-state index in [1.807, 2.05) is 21.9 Å². The van der Waals surface area contributed by atoms with Gasteiger partial charge < -0.3 is 15.5 Å². The topological polar surface area (TPSA) is 66.6 Å². The molecule has 1 saturated heterocycles. The summed E-state index contributed by atoms with van der Waals surface area (Å²) < 4.78 is 0. The summed E-state index contributed by atoms with van der Waals surface area (Å²) in [6.45, 7) is 2.46. The highest BCUT2D eigenvalue weighted by molar-refractivity contribution is 6.30. The van der Waals surface area contributed by atoms with Gasteiger partial charge in [-0.15, -0.1) is 12.4 Å². The van der Waals surface area contributed by atoms with Crippen molar-refractivity contribution < 1.29 is 9.59 Å². The number of rotatable bonds is 3. The van der Waals surface area contributed by atoms with E-state index in [1.165, 1.54) is 0 Å². The largest absolute Gasteiger partial charge is 0.339 e. The lowest BCUT2D eigenvalue weighted by molar-refractivity contribution is -0.142. The number of nitrogens with zero attached hydrogens (tertiary/aromatic N) is 2. The van der Waals surface area contributed by atoms with Crippen LogP contribution in [-0.4, -0.2) is 53.8 Å². The Morgan fingerprint density at radius 3 is 2.27 bits per heavy atom. The number of hydrogen-bond acceptors (Lipinski definition) is 3. The van der Waals surface area contributed by atoms with Crippen LogP contribution in [0.1, 0.15) is 31.2 Å². The van der Waals surface area contributed by atoms with Crippen molar-refractivity contribution in [3.05, 3.63) is 34.9 Å². The predicted molar refractivity (Wildman–Crippen MR) is 105 cm³/mol. The molecule has 144 valence electrons. The molecule has 26 heavy (non-hydrogen) atoms. The Morgan fingerprint density at radius 1 is 1.04 bits per heavy atom. The van der Waals surface area contributed by atoms with Crippen LogP contribution in [0.15, 0.2) is 24.3 Å². The third-order valence-electron chi connectivity index (χ3n) is 5.28. The maximum Gasteiger partial charge on any atom is 0.227 e. The molecule has 1 heterocycles. The van der Waals surface area contributed by atoms with E-state index in [9.17, 15) is 9.59 Å². The van der Waals surface area contributed by atoms with E-state index in [4.69, 9.17) is 17.3 Å². The fourth-order valence-electron chi connectivity index (χ4n) is 3.78. The second-order valence-corrected chi connectivity index (χ2v) is 7.57. The average molecular weight is 400 g/mol. The Hall–Kier alpha value is -1.30. The molecule has 2 fully saturated rings. The summed E-state index contributed by atoms with van der Waals surface area (Å²) in [7, 11) is 0. The van der Waals surface area contributed by atoms with Crippen LogP contribution in [0.5, 0.6) is 0 Å². The maximum atomic E-state index is 12.7. The van der Waals surface area contributed by atoms with Crippen LogP contribution in [0.4, 0.5) is 0 Å². The van der Waals surface area contributed by atoms with Gasteiger partial charge in [0, 0.05) is 43.2 Å². The molecule has 1 aliphatic carbocycles. The molecule has 2 amide bonds. The fraction of sp³-hybridized carbons (Fsp3) is 0.579. The molecule has 7 heteroatoms. The molecular weight excluding hydrogens is 373 g/mol. The van der Waals surface area contributed by atoms with Crippen molar-refractivity contribution in [3.63, 3.8) is 0 Å². The molecular formula is C19H27Cl2N3O2. The number of hydrogen-bond donors (Lipinski definition) is 1. The number of carbonyl (C=O) groups is 2. The number of nitrogens with two attached hydrogens (primary N) is 1. The molecule has 0 radical (unpaired) electrons. The summed E-state index contributed by atoms with van der Waals surface area (Å²) in [6, 6.07) is 7.52. The number of piperazine rings is 1. The van der Waals surface area contributed by atoms with Crippen LogP contribution in [-0.2, 0) is 16.0 Å². The van der Waals surface area contributed by atoms with Crippen molar-refractivity contribution in [2.45, 2.75) is 38.1 Å². The molecule has 0 aromatic heterocycles. The lowest BCUT2D eigenvalue weighted by Crippen LogP contribution is -2.53. The lowest BCUT2D eigenvalue weighted by Gasteiger charge is -2.37. The summed E-state index contributed by atoms with van der Waals surface area (Å²) in [5.41, 5.74) is 6.97. The highest BCUT2D eigenvalue weighted by Crippen LogP contribution is 2.25. The summed E-state index contributed by atoms with van der Waals surface area (Å²) in [6.07, 6.45) is 4.19. The molecule has 1 saturated carbocycles. The van der Waals surface area contributed by atoms with Crippen molar-refractivity contribution in [1.82, 2.24) is 9.80 Å². The van der Waals surface area contributed by atoms with E-state index in [1.54, 1.807) is 12.1 Å². The van der Waals surface area contributed by atoms with Gasteiger partial charge in [-0.2, -0.15) is 0 Å². The van der Waals surface area contributed by atoms with E-state index >= 15 is 0 Å². The summed E-state index contributed by atoms with van der Waals surface area (Å²) in [5.74, 6) is 0.397. The normalized spacial score (nSPS) is 23.3. The molecule has 1 aliphatic heterocycles. The molecule has 5 nitrogen and oxygen atoms in total. The molecule has 2 aliphatic rings. The highest BCUT2D eigenvalue weighted by atomic mass is 35.5. The Balaban J connectivity index is 0.00000243. The first-order valence-corrected chi connectivity index (χ1v) is 9.47. The minimum absolute atomic E-state index is 0. The number of amides is 2. The van der Waals surface area contributed by atoms with Crippen molar-refractivity contribution >= 4 is 35.8 Å². The third kappa shape index (κ3) is 5.35. The van der Waals surface area contributed by atoms with Gasteiger partial charge in [0.1, 0.15) is 0 Å². The number of carbonyl (C=O) groups excluding carboxylic acids is 2. The predicted octanol–water partition coefficient (Wildman–Crippen LogP) is 2.49. The van der Waals surface area contributed by atoms with Crippen LogP contribution in [0.2, 0.25) is 5.02 Å². The molecule has 0 bridgehead atoms. The summed E-state index contributed by atoms with van der Waals surface area (Å²) in [4.78, 5) is 28.9. The van der Waals surface area contributed by atoms with Gasteiger partial charge in [0.15, 0.2) is 0 Å². The Labute approximate surface area is 166 Å². The SMILES string of the molecule is Cl.NC1CCCC(C(=O)N2CCN(C(=O)Cc3ccc(Cl)cc3)CC2)C1. The van der Waals surface area contributed by atoms with Gasteiger partial charge in [-0.05, 0) is 37.0 Å². The second kappa shape index (κ2) is 9.58. The highest BCUT2D eigenvalue weighted by Gasteiger charge is 2.31. The first-order chi connectivity index (χ1) is 12.0. The molecule has 3 rings (SSSR count). The van der Waals surface area contributed by atoms with E-state index < -0.39 is 0 Å². The van der Waals surface area contributed by atoms with Gasteiger partial charge in [0.25, 0.3) is 0 Å². The Bertz CT molecular complexity index is 616. The minimum Gasteiger partial charge on any atom is -0.339 e. The smallest absolute Gasteiger partial charge is 0.227 e. The molecule has 1 aromatic rings. The van der Waals surface area contributed by atoms with Gasteiger partial charge in [0.05, 0.1) is 6.42 Å². The lowest BCUT2D eigenvalue weighted by atomic mass is 9.85. The number of benzene rings is 1. The first kappa shape index (κ1) is 21.0. The summed E-state index contributed by atoms with van der Waals surface area (Å²) >= 11 is 5.87. The van der Waals surface area contributed by atoms with E-state index in [0.29, 0.717) is 37.6 Å². The Kier molecular flexibility index (Phi) is 7.74. The van der Waals surface area contributed by atoms with Crippen molar-refractivity contribution in [3.8, 4) is 0 Å². The van der Waals surface area contributed by atoms with Crippen LogP contribution >= 0.6 is 24.0 Å². The van der Waals surface area contributed by atoms with E-state index in [0.717, 1.165) is 31.2 Å². The number of halogens is 2. The van der Waals surface area contributed by atoms with E-state index in [2.05, 4.69) is 0 Å². The van der Waals surface area contributed by atoms with Crippen LogP contribution in [0.3, 0.4) is 0 Å². The van der Waals surface area contributed by atoms with Gasteiger partial charge >= 0.3 is 0 Å². The van der Waals surface area contributed by atoms with Gasteiger partial charge in [-0.3, -0.25) is 9.59 Å². The quantitative estimate of drug-likeness (QED) is 0.848. The standard InChI is InChI=1S/C19H26ClN3O2.ClH/c20-16-6-4-14(5-7-16)12-18(24)22-8-10-23(11-9-22)19(25)15-2-1-3-17(21)13-15;/h4-7,15,17H,1-3,8-13,21H2;1H. The monoisotopic (exact) mass is 399 g/mol. The molecule has 2 atom stereocenters. The van der Waals surface area contributed by atoms with Crippen molar-refractivity contribution in [2.24, 2.45) is 11.7 Å². The van der Waals surface area contributed by atoms with Gasteiger partial charge in [-0.1, -0.05) is 30.2 Å². The molecule has 0 spiro atoms. The van der Waals surface area contributed by atoms with Gasteiger partial charge in [0.2, 0.25) is 11.8 Å². The van der Waals surface area contributed by atoms with Crippen LogP contribution in [0.25, 0.3) is 0 Å². The van der Waals surface area contributed by atoms with Crippen molar-refractivity contribution in [1.29, 1.82) is 0 Å². The zero-order chi connectivity index (χ0) is 17.8. The third-order valence-corrected chi connectivity index (χ3v) is 5.53. The zero-order valence-electron chi connectivity index (χ0n) is 14.9. The van der Waals surface area contributed by atoms with Crippen LogP contribution in [0, 0.1) is 5.92 Å². The minimum atomic E-state index is 0. The van der Waals surface area contributed by atoms with Gasteiger partial charge in [-0.25, -0.2) is 0 Å². The van der Waals surface area contributed by atoms with E-state index in [-0.39, 0.29) is 36.2 Å². The average Bonchev–Trinajstić information content (AvgIpc) is 2.63. The summed E-state index contributed by atoms with van der Waals surface area (Å²) in [5, 5.41) is 0.672. The Morgan fingerprint density at radius 2 is 1.65 bits per heavy atom.